The van der Waals surface area contributed by atoms with Crippen molar-refractivity contribution >= 4 is 26.5 Å². The molecule has 4 rings (SSSR count). The van der Waals surface area contributed by atoms with E-state index in [1.54, 1.807) is 35.7 Å². The van der Waals surface area contributed by atoms with E-state index in [0.29, 0.717) is 11.4 Å². The van der Waals surface area contributed by atoms with Gasteiger partial charge in [0.25, 0.3) is 0 Å². The van der Waals surface area contributed by atoms with Gasteiger partial charge in [-0.1, -0.05) is 42.5 Å². The zero-order valence-corrected chi connectivity index (χ0v) is 16.4. The second kappa shape index (κ2) is 7.80. The Hall–Kier alpha value is -2.22. The highest BCUT2D eigenvalue weighted by Gasteiger charge is 2.28. The number of aromatic nitrogens is 1. The second-order valence-corrected chi connectivity index (χ2v) is 9.19. The van der Waals surface area contributed by atoms with Crippen LogP contribution >= 0.6 is 11.3 Å². The van der Waals surface area contributed by atoms with Gasteiger partial charge in [0.1, 0.15) is 0 Å². The number of rotatable bonds is 6. The molecule has 5 nitrogen and oxygen atoms in total. The maximum atomic E-state index is 12.8. The van der Waals surface area contributed by atoms with E-state index in [2.05, 4.69) is 14.6 Å². The van der Waals surface area contributed by atoms with Gasteiger partial charge in [-0.25, -0.2) is 18.1 Å². The van der Waals surface area contributed by atoms with Crippen LogP contribution in [-0.4, -0.2) is 32.5 Å². The van der Waals surface area contributed by atoms with Gasteiger partial charge in [0.15, 0.2) is 5.13 Å². The minimum Gasteiger partial charge on any atom is -0.344 e. The number of hydrogen-bond donors (Lipinski definition) is 1. The molecule has 2 aromatic carbocycles. The highest BCUT2D eigenvalue weighted by Crippen LogP contribution is 2.27. The molecule has 0 aliphatic carbocycles. The molecule has 0 spiro atoms. The molecule has 1 fully saturated rings. The molecule has 1 aliphatic heterocycles. The summed E-state index contributed by atoms with van der Waals surface area (Å²) in [5, 5.41) is 2.91. The zero-order valence-electron chi connectivity index (χ0n) is 14.8. The molecule has 2 heterocycles. The predicted octanol–water partition coefficient (Wildman–Crippen LogP) is 3.76. The van der Waals surface area contributed by atoms with Crippen molar-refractivity contribution in [3.63, 3.8) is 0 Å². The molecule has 1 saturated heterocycles. The van der Waals surface area contributed by atoms with Crippen LogP contribution in [0.2, 0.25) is 0 Å². The van der Waals surface area contributed by atoms with Crippen molar-refractivity contribution in [1.29, 1.82) is 0 Å². The Morgan fingerprint density at radius 2 is 1.93 bits per heavy atom. The van der Waals surface area contributed by atoms with Gasteiger partial charge in [-0.3, -0.25) is 0 Å². The Balaban J connectivity index is 1.49. The summed E-state index contributed by atoms with van der Waals surface area (Å²) >= 11 is 1.59. The highest BCUT2D eigenvalue weighted by molar-refractivity contribution is 7.89. The Bertz CT molecular complexity index is 989. The maximum Gasteiger partial charge on any atom is 0.240 e. The van der Waals surface area contributed by atoms with E-state index in [0.717, 1.165) is 35.6 Å². The Kier molecular flexibility index (Phi) is 5.24. The molecule has 7 heteroatoms. The van der Waals surface area contributed by atoms with Crippen molar-refractivity contribution in [2.24, 2.45) is 0 Å². The standard InChI is InChI=1S/C20H21N3O2S2/c24-27(25,19-10-4-8-17(14-19)16-6-2-1-3-7-16)22-15-18-9-5-12-23(18)20-21-11-13-26-20/h1-4,6-8,10-11,13-14,18,22H,5,9,12,15H2. The minimum atomic E-state index is -3.56. The van der Waals surface area contributed by atoms with Crippen LogP contribution in [0.1, 0.15) is 12.8 Å². The van der Waals surface area contributed by atoms with Gasteiger partial charge in [-0.15, -0.1) is 11.3 Å². The topological polar surface area (TPSA) is 62.3 Å². The van der Waals surface area contributed by atoms with Gasteiger partial charge in [-0.2, -0.15) is 0 Å². The Morgan fingerprint density at radius 1 is 1.11 bits per heavy atom. The quantitative estimate of drug-likeness (QED) is 0.686. The van der Waals surface area contributed by atoms with Crippen LogP contribution in [0.25, 0.3) is 11.1 Å². The van der Waals surface area contributed by atoms with E-state index in [9.17, 15) is 8.42 Å². The van der Waals surface area contributed by atoms with Crippen LogP contribution in [0.4, 0.5) is 5.13 Å². The van der Waals surface area contributed by atoms with Crippen LogP contribution < -0.4 is 9.62 Å². The molecule has 0 radical (unpaired) electrons. The fourth-order valence-corrected chi connectivity index (χ4v) is 5.28. The van der Waals surface area contributed by atoms with E-state index >= 15 is 0 Å². The molecule has 140 valence electrons. The first-order chi connectivity index (χ1) is 13.1. The van der Waals surface area contributed by atoms with E-state index in [1.165, 1.54) is 0 Å². The first-order valence-corrected chi connectivity index (χ1v) is 11.3. The third-order valence-electron chi connectivity index (χ3n) is 4.80. The van der Waals surface area contributed by atoms with Gasteiger partial charge < -0.3 is 4.90 Å². The monoisotopic (exact) mass is 399 g/mol. The fraction of sp³-hybridized carbons (Fsp3) is 0.250. The SMILES string of the molecule is O=S(=O)(NCC1CCCN1c1nccs1)c1cccc(-c2ccccc2)c1. The molecule has 0 saturated carbocycles. The third-order valence-corrected chi connectivity index (χ3v) is 7.03. The number of thiazole rings is 1. The lowest BCUT2D eigenvalue weighted by Crippen LogP contribution is -2.40. The van der Waals surface area contributed by atoms with Gasteiger partial charge in [0.2, 0.25) is 10.0 Å². The summed E-state index contributed by atoms with van der Waals surface area (Å²) in [6, 6.07) is 17.0. The minimum absolute atomic E-state index is 0.142. The summed E-state index contributed by atoms with van der Waals surface area (Å²) in [7, 11) is -3.56. The van der Waals surface area contributed by atoms with Crippen molar-refractivity contribution in [2.45, 2.75) is 23.8 Å². The van der Waals surface area contributed by atoms with Crippen molar-refractivity contribution in [1.82, 2.24) is 9.71 Å². The maximum absolute atomic E-state index is 12.8. The highest BCUT2D eigenvalue weighted by atomic mass is 32.2. The van der Waals surface area contributed by atoms with Crippen LogP contribution in [0, 0.1) is 0 Å². The summed E-state index contributed by atoms with van der Waals surface area (Å²) in [6.07, 6.45) is 3.80. The van der Waals surface area contributed by atoms with Gasteiger partial charge >= 0.3 is 0 Å². The summed E-state index contributed by atoms with van der Waals surface area (Å²) in [4.78, 5) is 6.86. The van der Waals surface area contributed by atoms with E-state index in [1.807, 2.05) is 41.8 Å². The van der Waals surface area contributed by atoms with Crippen molar-refractivity contribution in [3.05, 3.63) is 66.2 Å². The van der Waals surface area contributed by atoms with Crippen LogP contribution in [0.5, 0.6) is 0 Å². The molecular formula is C20H21N3O2S2. The number of benzene rings is 2. The number of hydrogen-bond acceptors (Lipinski definition) is 5. The number of nitrogens with zero attached hydrogens (tertiary/aromatic N) is 2. The van der Waals surface area contributed by atoms with Crippen LogP contribution in [0.3, 0.4) is 0 Å². The van der Waals surface area contributed by atoms with E-state index in [-0.39, 0.29) is 6.04 Å². The number of nitrogens with one attached hydrogen (secondary N) is 1. The summed E-state index contributed by atoms with van der Waals surface area (Å²) in [5.74, 6) is 0. The van der Waals surface area contributed by atoms with E-state index in [4.69, 9.17) is 0 Å². The average Bonchev–Trinajstić information content (AvgIpc) is 3.38. The smallest absolute Gasteiger partial charge is 0.240 e. The van der Waals surface area contributed by atoms with Crippen molar-refractivity contribution in [2.75, 3.05) is 18.0 Å². The summed E-state index contributed by atoms with van der Waals surface area (Å²) < 4.78 is 28.4. The lowest BCUT2D eigenvalue weighted by Gasteiger charge is -2.24. The lowest BCUT2D eigenvalue weighted by atomic mass is 10.1. The molecule has 1 aliphatic rings. The molecule has 0 bridgehead atoms. The van der Waals surface area contributed by atoms with Gasteiger partial charge in [0.05, 0.1) is 4.90 Å². The largest absolute Gasteiger partial charge is 0.344 e. The van der Waals surface area contributed by atoms with Crippen molar-refractivity contribution in [3.8, 4) is 11.1 Å². The van der Waals surface area contributed by atoms with Gasteiger partial charge in [0, 0.05) is 30.7 Å². The van der Waals surface area contributed by atoms with Crippen LogP contribution in [-0.2, 0) is 10.0 Å². The molecule has 27 heavy (non-hydrogen) atoms. The second-order valence-electron chi connectivity index (χ2n) is 6.55. The van der Waals surface area contributed by atoms with E-state index < -0.39 is 10.0 Å². The molecule has 1 unspecified atom stereocenters. The summed E-state index contributed by atoms with van der Waals surface area (Å²) in [6.45, 7) is 1.31. The molecular weight excluding hydrogens is 378 g/mol. The first kappa shape index (κ1) is 18.2. The molecule has 1 N–H and O–H groups in total. The fourth-order valence-electron chi connectivity index (χ4n) is 3.42. The summed E-state index contributed by atoms with van der Waals surface area (Å²) in [5.41, 5.74) is 1.89. The molecule has 3 aromatic rings. The first-order valence-electron chi connectivity index (χ1n) is 8.95. The van der Waals surface area contributed by atoms with Crippen molar-refractivity contribution < 1.29 is 8.42 Å². The molecule has 0 amide bonds. The van der Waals surface area contributed by atoms with Crippen LogP contribution in [0.15, 0.2) is 71.1 Å². The normalized spacial score (nSPS) is 17.3. The zero-order chi connectivity index (χ0) is 18.7. The molecule has 1 atom stereocenters. The average molecular weight is 400 g/mol. The Labute approximate surface area is 163 Å². The van der Waals surface area contributed by atoms with Gasteiger partial charge in [-0.05, 0) is 36.1 Å². The third kappa shape index (κ3) is 4.05. The Morgan fingerprint density at radius 3 is 2.70 bits per heavy atom. The molecule has 1 aromatic heterocycles. The predicted molar refractivity (Wildman–Crippen MR) is 110 cm³/mol. The number of anilines is 1. The lowest BCUT2D eigenvalue weighted by molar-refractivity contribution is 0.567. The number of sulfonamides is 1.